The number of benzene rings is 1. The predicted molar refractivity (Wildman–Crippen MR) is 131 cm³/mol. The van der Waals surface area contributed by atoms with E-state index in [9.17, 15) is 4.79 Å². The summed E-state index contributed by atoms with van der Waals surface area (Å²) in [6, 6.07) is 11.3. The summed E-state index contributed by atoms with van der Waals surface area (Å²) < 4.78 is 8.23. The fraction of sp³-hybridized carbons (Fsp3) is 0.417. The van der Waals surface area contributed by atoms with Crippen LogP contribution in [0.5, 0.6) is 0 Å². The van der Waals surface area contributed by atoms with Crippen LogP contribution in [0.1, 0.15) is 50.5 Å². The minimum Gasteiger partial charge on any atom is -0.416 e. The van der Waals surface area contributed by atoms with Crippen LogP contribution >= 0.6 is 11.6 Å². The number of carbonyl (C=O) groups excluding carboxylic acids is 1. The van der Waals surface area contributed by atoms with Crippen LogP contribution in [0.25, 0.3) is 5.65 Å². The molecule has 0 fully saturated rings. The lowest BCUT2D eigenvalue weighted by Gasteiger charge is -2.39. The van der Waals surface area contributed by atoms with Crippen molar-refractivity contribution in [1.82, 2.24) is 9.38 Å². The summed E-state index contributed by atoms with van der Waals surface area (Å²) in [4.78, 5) is 17.1. The molecule has 0 aliphatic rings. The molecule has 0 atom stereocenters. The van der Waals surface area contributed by atoms with Gasteiger partial charge in [0.2, 0.25) is 0 Å². The van der Waals surface area contributed by atoms with E-state index in [1.165, 1.54) is 0 Å². The van der Waals surface area contributed by atoms with Crippen molar-refractivity contribution < 1.29 is 9.22 Å². The van der Waals surface area contributed by atoms with Gasteiger partial charge in [0.15, 0.2) is 14.1 Å². The number of nitrogens with zero attached hydrogens (tertiary/aromatic N) is 2. The van der Waals surface area contributed by atoms with Crippen molar-refractivity contribution in [2.24, 2.45) is 0 Å². The van der Waals surface area contributed by atoms with Gasteiger partial charge >= 0.3 is 0 Å². The number of imidazole rings is 1. The molecule has 1 aromatic carbocycles. The molecule has 3 aromatic rings. The fourth-order valence-corrected chi connectivity index (χ4v) is 4.27. The van der Waals surface area contributed by atoms with Gasteiger partial charge in [-0.2, -0.15) is 0 Å². The smallest absolute Gasteiger partial charge is 0.256 e. The summed E-state index contributed by atoms with van der Waals surface area (Å²) in [7, 11) is -1.82. The molecule has 0 saturated heterocycles. The number of anilines is 1. The van der Waals surface area contributed by atoms with Crippen molar-refractivity contribution in [3.8, 4) is 0 Å². The van der Waals surface area contributed by atoms with E-state index in [0.717, 1.165) is 11.2 Å². The van der Waals surface area contributed by atoms with Gasteiger partial charge in [-0.3, -0.25) is 4.79 Å². The average Bonchev–Trinajstić information content (AvgIpc) is 3.07. The SMILES string of the molecule is CC(C)(CO[Si](C)(C)C(C)(C)C)c1ccc(C(=O)Nc2cn3cc(Cl)ccc3n2)cc1. The van der Waals surface area contributed by atoms with E-state index in [4.69, 9.17) is 16.0 Å². The Kier molecular flexibility index (Phi) is 6.38. The second kappa shape index (κ2) is 8.41. The van der Waals surface area contributed by atoms with Crippen molar-refractivity contribution in [2.75, 3.05) is 11.9 Å². The lowest BCUT2D eigenvalue weighted by atomic mass is 9.85. The zero-order valence-corrected chi connectivity index (χ0v) is 21.2. The number of halogens is 1. The summed E-state index contributed by atoms with van der Waals surface area (Å²) >= 11 is 6.01. The van der Waals surface area contributed by atoms with Crippen LogP contribution in [0.3, 0.4) is 0 Å². The van der Waals surface area contributed by atoms with Gasteiger partial charge in [-0.15, -0.1) is 0 Å². The highest BCUT2D eigenvalue weighted by molar-refractivity contribution is 6.74. The van der Waals surface area contributed by atoms with Crippen molar-refractivity contribution in [2.45, 2.75) is 58.2 Å². The maximum absolute atomic E-state index is 12.7. The first-order valence-electron chi connectivity index (χ1n) is 10.5. The molecule has 3 rings (SSSR count). The van der Waals surface area contributed by atoms with Crippen LogP contribution < -0.4 is 5.32 Å². The van der Waals surface area contributed by atoms with E-state index in [2.05, 4.69) is 58.0 Å². The van der Waals surface area contributed by atoms with Crippen LogP contribution in [0, 0.1) is 0 Å². The molecule has 31 heavy (non-hydrogen) atoms. The molecule has 0 bridgehead atoms. The molecule has 2 heterocycles. The number of rotatable bonds is 6. The molecule has 0 radical (unpaired) electrons. The van der Waals surface area contributed by atoms with Gasteiger partial charge in [0, 0.05) is 23.8 Å². The fourth-order valence-electron chi connectivity index (χ4n) is 2.95. The predicted octanol–water partition coefficient (Wildman–Crippen LogP) is 6.54. The molecule has 0 unspecified atom stereocenters. The molecule has 1 N–H and O–H groups in total. The first kappa shape index (κ1) is 23.5. The van der Waals surface area contributed by atoms with Crippen LogP contribution in [0.15, 0.2) is 48.8 Å². The standard InChI is InChI=1S/C24H32ClN3O2Si/c1-23(2,3)31(6,7)30-16-24(4,5)18-10-8-17(9-11-18)22(29)27-20-15-28-14-19(25)12-13-21(28)26-20/h8-15H,16H2,1-7H3,(H,27,29). The molecule has 166 valence electrons. The van der Waals surface area contributed by atoms with Crippen molar-refractivity contribution in [3.63, 3.8) is 0 Å². The van der Waals surface area contributed by atoms with E-state index in [0.29, 0.717) is 23.0 Å². The number of aromatic nitrogens is 2. The number of carbonyl (C=O) groups is 1. The topological polar surface area (TPSA) is 55.6 Å². The van der Waals surface area contributed by atoms with Crippen LogP contribution in [0.2, 0.25) is 23.2 Å². The lowest BCUT2D eigenvalue weighted by molar-refractivity contribution is 0.102. The monoisotopic (exact) mass is 457 g/mol. The van der Waals surface area contributed by atoms with Crippen LogP contribution in [-0.2, 0) is 9.84 Å². The zero-order chi connectivity index (χ0) is 23.0. The van der Waals surface area contributed by atoms with E-state index in [1.54, 1.807) is 28.9 Å². The zero-order valence-electron chi connectivity index (χ0n) is 19.4. The Labute approximate surface area is 190 Å². The third kappa shape index (κ3) is 5.37. The minimum atomic E-state index is -1.82. The highest BCUT2D eigenvalue weighted by atomic mass is 35.5. The molecular formula is C24H32ClN3O2Si. The van der Waals surface area contributed by atoms with Crippen molar-refractivity contribution in [1.29, 1.82) is 0 Å². The van der Waals surface area contributed by atoms with Gasteiger partial charge in [0.1, 0.15) is 5.65 Å². The molecule has 5 nitrogen and oxygen atoms in total. The summed E-state index contributed by atoms with van der Waals surface area (Å²) in [6.45, 7) is 16.3. The average molecular weight is 458 g/mol. The maximum atomic E-state index is 12.7. The third-order valence-electron chi connectivity index (χ3n) is 6.19. The van der Waals surface area contributed by atoms with Crippen LogP contribution in [-0.4, -0.2) is 30.2 Å². The van der Waals surface area contributed by atoms with E-state index in [-0.39, 0.29) is 16.4 Å². The van der Waals surface area contributed by atoms with E-state index in [1.807, 2.05) is 24.3 Å². The lowest BCUT2D eigenvalue weighted by Crippen LogP contribution is -2.43. The number of hydrogen-bond donors (Lipinski definition) is 1. The van der Waals surface area contributed by atoms with E-state index >= 15 is 0 Å². The Morgan fingerprint density at radius 3 is 2.32 bits per heavy atom. The molecule has 2 aromatic heterocycles. The first-order chi connectivity index (χ1) is 14.3. The van der Waals surface area contributed by atoms with Gasteiger partial charge in [0.25, 0.3) is 5.91 Å². The number of hydrogen-bond acceptors (Lipinski definition) is 3. The van der Waals surface area contributed by atoms with Gasteiger partial charge in [-0.25, -0.2) is 4.98 Å². The van der Waals surface area contributed by atoms with Gasteiger partial charge in [0.05, 0.1) is 11.2 Å². The van der Waals surface area contributed by atoms with Gasteiger partial charge in [-0.1, -0.05) is 58.4 Å². The Hall–Kier alpha value is -2.15. The molecule has 0 spiro atoms. The summed E-state index contributed by atoms with van der Waals surface area (Å²) in [6.07, 6.45) is 3.50. The van der Waals surface area contributed by atoms with E-state index < -0.39 is 8.32 Å². The van der Waals surface area contributed by atoms with Gasteiger partial charge in [-0.05, 0) is 48.0 Å². The normalized spacial score (nSPS) is 12.9. The summed E-state index contributed by atoms with van der Waals surface area (Å²) in [5, 5.41) is 3.64. The second-order valence-corrected chi connectivity index (χ2v) is 15.4. The number of fused-ring (bicyclic) bond motifs is 1. The maximum Gasteiger partial charge on any atom is 0.256 e. The highest BCUT2D eigenvalue weighted by Gasteiger charge is 2.38. The third-order valence-corrected chi connectivity index (χ3v) is 10.9. The van der Waals surface area contributed by atoms with Crippen molar-refractivity contribution in [3.05, 3.63) is 64.9 Å². The molecular weight excluding hydrogens is 426 g/mol. The molecule has 0 aliphatic carbocycles. The quantitative estimate of drug-likeness (QED) is 0.427. The largest absolute Gasteiger partial charge is 0.416 e. The molecule has 7 heteroatoms. The van der Waals surface area contributed by atoms with Crippen LogP contribution in [0.4, 0.5) is 5.82 Å². The summed E-state index contributed by atoms with van der Waals surface area (Å²) in [5.74, 6) is 0.288. The molecule has 1 amide bonds. The minimum absolute atomic E-state index is 0.147. The number of nitrogens with one attached hydrogen (secondary N) is 1. The first-order valence-corrected chi connectivity index (χ1v) is 13.8. The Morgan fingerprint density at radius 1 is 1.06 bits per heavy atom. The molecule has 0 aliphatic heterocycles. The van der Waals surface area contributed by atoms with Crippen molar-refractivity contribution >= 4 is 37.3 Å². The Balaban J connectivity index is 1.68. The summed E-state index contributed by atoms with van der Waals surface area (Å²) in [5.41, 5.74) is 2.30. The Bertz CT molecular complexity index is 1080. The molecule has 0 saturated carbocycles. The van der Waals surface area contributed by atoms with Gasteiger partial charge < -0.3 is 14.1 Å². The Morgan fingerprint density at radius 2 is 1.71 bits per heavy atom. The highest BCUT2D eigenvalue weighted by Crippen LogP contribution is 2.38. The second-order valence-electron chi connectivity index (χ2n) is 10.2. The number of amides is 1. The number of pyridine rings is 1.